The number of aromatic nitrogens is 1. The van der Waals surface area contributed by atoms with Crippen LogP contribution in [0.5, 0.6) is 0 Å². The van der Waals surface area contributed by atoms with Gasteiger partial charge in [-0.3, -0.25) is 0 Å². The van der Waals surface area contributed by atoms with Gasteiger partial charge in [-0.05, 0) is 38.5 Å². The highest BCUT2D eigenvalue weighted by Gasteiger charge is 2.18. The van der Waals surface area contributed by atoms with Crippen LogP contribution in [0.25, 0.3) is 0 Å². The van der Waals surface area contributed by atoms with E-state index in [2.05, 4.69) is 35.6 Å². The van der Waals surface area contributed by atoms with Crippen molar-refractivity contribution in [3.63, 3.8) is 0 Å². The van der Waals surface area contributed by atoms with E-state index < -0.39 is 0 Å². The van der Waals surface area contributed by atoms with E-state index in [0.717, 1.165) is 21.3 Å². The van der Waals surface area contributed by atoms with Gasteiger partial charge in [0.2, 0.25) is 0 Å². The van der Waals surface area contributed by atoms with Crippen LogP contribution in [0.15, 0.2) is 29.6 Å². The zero-order valence-corrected chi connectivity index (χ0v) is 12.3. The highest BCUT2D eigenvalue weighted by molar-refractivity contribution is 7.09. The zero-order chi connectivity index (χ0) is 13.1. The number of rotatable bonds is 4. The molecule has 1 atom stereocenters. The van der Waals surface area contributed by atoms with Gasteiger partial charge in [-0.25, -0.2) is 4.98 Å². The van der Waals surface area contributed by atoms with Crippen LogP contribution in [0.1, 0.15) is 36.2 Å². The molecule has 0 aliphatic heterocycles. The molecule has 4 heteroatoms. The number of nitrogens with one attached hydrogen (secondary N) is 1. The SMILES string of the molecule is Cc1csc(C(NC(C)C)c2cccc(Cl)c2)n1. The maximum absolute atomic E-state index is 6.07. The third-order valence-electron chi connectivity index (χ3n) is 2.57. The van der Waals surface area contributed by atoms with E-state index >= 15 is 0 Å². The fourth-order valence-corrected chi connectivity index (χ4v) is 2.91. The van der Waals surface area contributed by atoms with Crippen molar-refractivity contribution in [3.8, 4) is 0 Å². The third kappa shape index (κ3) is 3.31. The molecule has 18 heavy (non-hydrogen) atoms. The Morgan fingerprint density at radius 3 is 2.67 bits per heavy atom. The minimum absolute atomic E-state index is 0.113. The standard InChI is InChI=1S/C14H17ClN2S/c1-9(2)16-13(14-17-10(3)8-18-14)11-5-4-6-12(15)7-11/h4-9,13,16H,1-3H3. The molecule has 0 aliphatic carbocycles. The summed E-state index contributed by atoms with van der Waals surface area (Å²) in [6.07, 6.45) is 0. The molecule has 2 rings (SSSR count). The van der Waals surface area contributed by atoms with E-state index in [1.165, 1.54) is 0 Å². The molecular weight excluding hydrogens is 264 g/mol. The molecule has 0 amide bonds. The summed E-state index contributed by atoms with van der Waals surface area (Å²) < 4.78 is 0. The minimum Gasteiger partial charge on any atom is -0.302 e. The first-order chi connectivity index (χ1) is 8.56. The highest BCUT2D eigenvalue weighted by atomic mass is 35.5. The topological polar surface area (TPSA) is 24.9 Å². The Labute approximate surface area is 117 Å². The smallest absolute Gasteiger partial charge is 0.114 e. The average molecular weight is 281 g/mol. The molecule has 0 spiro atoms. The molecule has 0 bridgehead atoms. The largest absolute Gasteiger partial charge is 0.302 e. The van der Waals surface area contributed by atoms with Crippen LogP contribution >= 0.6 is 22.9 Å². The molecule has 1 aromatic heterocycles. The molecule has 0 saturated carbocycles. The Morgan fingerprint density at radius 2 is 2.11 bits per heavy atom. The number of thiazole rings is 1. The molecule has 0 aliphatic rings. The summed E-state index contributed by atoms with van der Waals surface area (Å²) in [5, 5.41) is 7.47. The molecule has 2 nitrogen and oxygen atoms in total. The molecule has 96 valence electrons. The fourth-order valence-electron chi connectivity index (χ4n) is 1.83. The molecule has 1 aromatic carbocycles. The average Bonchev–Trinajstić information content (AvgIpc) is 2.72. The first kappa shape index (κ1) is 13.5. The fraction of sp³-hybridized carbons (Fsp3) is 0.357. The Hall–Kier alpha value is -0.900. The number of halogens is 1. The van der Waals surface area contributed by atoms with Crippen LogP contribution in [-0.4, -0.2) is 11.0 Å². The van der Waals surface area contributed by atoms with Gasteiger partial charge in [-0.15, -0.1) is 11.3 Å². The third-order valence-corrected chi connectivity index (χ3v) is 3.83. The van der Waals surface area contributed by atoms with Crippen molar-refractivity contribution < 1.29 is 0 Å². The summed E-state index contributed by atoms with van der Waals surface area (Å²) in [4.78, 5) is 4.58. The molecule has 0 fully saturated rings. The van der Waals surface area contributed by atoms with Gasteiger partial charge in [-0.2, -0.15) is 0 Å². The first-order valence-electron chi connectivity index (χ1n) is 6.00. The lowest BCUT2D eigenvalue weighted by Gasteiger charge is -2.20. The van der Waals surface area contributed by atoms with Gasteiger partial charge in [0.25, 0.3) is 0 Å². The van der Waals surface area contributed by atoms with E-state index in [1.807, 2.05) is 25.1 Å². The number of hydrogen-bond acceptors (Lipinski definition) is 3. The van der Waals surface area contributed by atoms with Crippen LogP contribution in [0.4, 0.5) is 0 Å². The van der Waals surface area contributed by atoms with E-state index in [4.69, 9.17) is 11.6 Å². The van der Waals surface area contributed by atoms with Gasteiger partial charge in [0.15, 0.2) is 0 Å². The summed E-state index contributed by atoms with van der Waals surface area (Å²) >= 11 is 7.76. The Bertz CT molecular complexity index is 522. The van der Waals surface area contributed by atoms with Crippen molar-refractivity contribution in [2.45, 2.75) is 32.9 Å². The molecule has 1 N–H and O–H groups in total. The lowest BCUT2D eigenvalue weighted by molar-refractivity contribution is 0.526. The van der Waals surface area contributed by atoms with E-state index in [-0.39, 0.29) is 6.04 Å². The minimum atomic E-state index is 0.113. The van der Waals surface area contributed by atoms with E-state index in [1.54, 1.807) is 11.3 Å². The zero-order valence-electron chi connectivity index (χ0n) is 10.8. The summed E-state index contributed by atoms with van der Waals surface area (Å²) in [7, 11) is 0. The molecule has 0 radical (unpaired) electrons. The summed E-state index contributed by atoms with van der Waals surface area (Å²) in [6.45, 7) is 6.29. The van der Waals surface area contributed by atoms with Gasteiger partial charge >= 0.3 is 0 Å². The second-order valence-corrected chi connectivity index (χ2v) is 5.96. The Balaban J connectivity index is 2.36. The quantitative estimate of drug-likeness (QED) is 0.908. The number of benzene rings is 1. The van der Waals surface area contributed by atoms with Crippen LogP contribution in [-0.2, 0) is 0 Å². The molecule has 1 heterocycles. The van der Waals surface area contributed by atoms with Gasteiger partial charge < -0.3 is 5.32 Å². The lowest BCUT2D eigenvalue weighted by atomic mass is 10.1. The van der Waals surface area contributed by atoms with Crippen molar-refractivity contribution in [2.75, 3.05) is 0 Å². The number of nitrogens with zero attached hydrogens (tertiary/aromatic N) is 1. The summed E-state index contributed by atoms with van der Waals surface area (Å²) in [5.74, 6) is 0. The molecular formula is C14H17ClN2S. The van der Waals surface area contributed by atoms with Gasteiger partial charge in [-0.1, -0.05) is 23.7 Å². The van der Waals surface area contributed by atoms with Gasteiger partial charge in [0.05, 0.1) is 6.04 Å². The van der Waals surface area contributed by atoms with Crippen molar-refractivity contribution in [1.29, 1.82) is 0 Å². The predicted molar refractivity (Wildman–Crippen MR) is 78.4 cm³/mol. The van der Waals surface area contributed by atoms with Crippen molar-refractivity contribution in [2.24, 2.45) is 0 Å². The second-order valence-electron chi connectivity index (χ2n) is 4.64. The second kappa shape index (κ2) is 5.83. The summed E-state index contributed by atoms with van der Waals surface area (Å²) in [6, 6.07) is 8.46. The molecule has 0 saturated heterocycles. The number of aryl methyl sites for hydroxylation is 1. The Morgan fingerprint density at radius 1 is 1.33 bits per heavy atom. The van der Waals surface area contributed by atoms with Crippen molar-refractivity contribution >= 4 is 22.9 Å². The normalized spacial score (nSPS) is 12.9. The van der Waals surface area contributed by atoms with Gasteiger partial charge in [0.1, 0.15) is 5.01 Å². The Kier molecular flexibility index (Phi) is 4.38. The highest BCUT2D eigenvalue weighted by Crippen LogP contribution is 2.27. The van der Waals surface area contributed by atoms with Crippen LogP contribution in [0, 0.1) is 6.92 Å². The van der Waals surface area contributed by atoms with Crippen LogP contribution in [0.3, 0.4) is 0 Å². The van der Waals surface area contributed by atoms with Crippen molar-refractivity contribution in [1.82, 2.24) is 10.3 Å². The first-order valence-corrected chi connectivity index (χ1v) is 7.25. The maximum Gasteiger partial charge on any atom is 0.114 e. The number of hydrogen-bond donors (Lipinski definition) is 1. The van der Waals surface area contributed by atoms with Crippen LogP contribution < -0.4 is 5.32 Å². The van der Waals surface area contributed by atoms with E-state index in [9.17, 15) is 0 Å². The van der Waals surface area contributed by atoms with E-state index in [0.29, 0.717) is 6.04 Å². The maximum atomic E-state index is 6.07. The molecule has 1 unspecified atom stereocenters. The predicted octanol–water partition coefficient (Wildman–Crippen LogP) is 4.19. The lowest BCUT2D eigenvalue weighted by Crippen LogP contribution is -2.28. The summed E-state index contributed by atoms with van der Waals surface area (Å²) in [5.41, 5.74) is 2.22. The van der Waals surface area contributed by atoms with Crippen molar-refractivity contribution in [3.05, 3.63) is 50.9 Å². The van der Waals surface area contributed by atoms with Crippen LogP contribution in [0.2, 0.25) is 5.02 Å². The monoisotopic (exact) mass is 280 g/mol. The van der Waals surface area contributed by atoms with Gasteiger partial charge in [0, 0.05) is 22.1 Å². The molecule has 2 aromatic rings.